The molecule has 0 N–H and O–H groups in total. The summed E-state index contributed by atoms with van der Waals surface area (Å²) in [6.07, 6.45) is 2.76. The van der Waals surface area contributed by atoms with Gasteiger partial charge >= 0.3 is 0 Å². The van der Waals surface area contributed by atoms with E-state index in [1.54, 1.807) is 0 Å². The molecule has 0 saturated carbocycles. The van der Waals surface area contributed by atoms with E-state index in [-0.39, 0.29) is 12.3 Å². The van der Waals surface area contributed by atoms with Gasteiger partial charge in [-0.1, -0.05) is 74.0 Å². The number of nitrogens with zero attached hydrogens (tertiary/aromatic N) is 2. The molecule has 0 spiro atoms. The Morgan fingerprint density at radius 3 is 2.59 bits per heavy atom. The number of benzene rings is 4. The minimum absolute atomic E-state index is 0.143. The largest absolute Gasteiger partial charge is 0.494 e. The summed E-state index contributed by atoms with van der Waals surface area (Å²) in [6.45, 7) is 2.92. The van der Waals surface area contributed by atoms with Crippen molar-refractivity contribution in [2.24, 2.45) is 5.10 Å². The van der Waals surface area contributed by atoms with Crippen LogP contribution in [-0.4, -0.2) is 17.3 Å². The highest BCUT2D eigenvalue weighted by molar-refractivity contribution is 6.11. The summed E-state index contributed by atoms with van der Waals surface area (Å²) < 4.78 is 12.4. The van der Waals surface area contributed by atoms with Crippen LogP contribution in [0.4, 0.5) is 0 Å². The first-order chi connectivity index (χ1) is 16.8. The molecule has 34 heavy (non-hydrogen) atoms. The van der Waals surface area contributed by atoms with Gasteiger partial charge in [0, 0.05) is 23.1 Å². The Bertz CT molecular complexity index is 1340. The second kappa shape index (κ2) is 8.86. The van der Waals surface area contributed by atoms with Crippen molar-refractivity contribution in [1.82, 2.24) is 5.01 Å². The van der Waals surface area contributed by atoms with Crippen molar-refractivity contribution >= 4 is 16.5 Å². The fraction of sp³-hybridized carbons (Fsp3) is 0.233. The first-order valence-corrected chi connectivity index (χ1v) is 12.1. The van der Waals surface area contributed by atoms with Crippen LogP contribution in [0.25, 0.3) is 10.8 Å². The number of hydrazone groups is 1. The molecular weight excluding hydrogens is 420 g/mol. The first kappa shape index (κ1) is 20.8. The molecule has 0 aliphatic carbocycles. The van der Waals surface area contributed by atoms with Crippen LogP contribution in [0.2, 0.25) is 0 Å². The second-order valence-electron chi connectivity index (χ2n) is 8.95. The molecule has 4 aromatic carbocycles. The first-order valence-electron chi connectivity index (χ1n) is 12.1. The van der Waals surface area contributed by atoms with Gasteiger partial charge in [0.25, 0.3) is 0 Å². The fourth-order valence-electron chi connectivity index (χ4n) is 4.96. The Labute approximate surface area is 200 Å². The van der Waals surface area contributed by atoms with Gasteiger partial charge in [-0.3, -0.25) is 0 Å². The smallest absolute Gasteiger partial charge is 0.213 e. The Balaban J connectivity index is 1.37. The van der Waals surface area contributed by atoms with E-state index in [0.29, 0.717) is 0 Å². The number of fused-ring (bicyclic) bond motifs is 4. The van der Waals surface area contributed by atoms with Crippen LogP contribution in [-0.2, 0) is 0 Å². The maximum absolute atomic E-state index is 6.52. The predicted molar refractivity (Wildman–Crippen MR) is 136 cm³/mol. The monoisotopic (exact) mass is 448 g/mol. The summed E-state index contributed by atoms with van der Waals surface area (Å²) in [5.41, 5.74) is 4.57. The van der Waals surface area contributed by atoms with Gasteiger partial charge in [0.05, 0.1) is 18.4 Å². The molecule has 0 fully saturated rings. The molecule has 2 heterocycles. The third-order valence-corrected chi connectivity index (χ3v) is 6.73. The SMILES string of the molecule is CCCCOc1ccc([C@H]2Oc3ccccc3[C@H]3CC(c4cccc5ccccc45)=NN32)cc1. The van der Waals surface area contributed by atoms with Gasteiger partial charge in [-0.15, -0.1) is 0 Å². The Morgan fingerprint density at radius 1 is 0.912 bits per heavy atom. The van der Waals surface area contributed by atoms with Gasteiger partial charge < -0.3 is 9.47 Å². The zero-order valence-corrected chi connectivity index (χ0v) is 19.4. The Morgan fingerprint density at radius 2 is 1.71 bits per heavy atom. The third kappa shape index (κ3) is 3.69. The summed E-state index contributed by atoms with van der Waals surface area (Å²) in [4.78, 5) is 0. The summed E-state index contributed by atoms with van der Waals surface area (Å²) >= 11 is 0. The minimum atomic E-state index is -0.280. The average Bonchev–Trinajstić information content (AvgIpc) is 3.34. The van der Waals surface area contributed by atoms with Crippen molar-refractivity contribution in [3.8, 4) is 11.5 Å². The van der Waals surface area contributed by atoms with E-state index < -0.39 is 0 Å². The van der Waals surface area contributed by atoms with Crippen LogP contribution in [0.5, 0.6) is 11.5 Å². The topological polar surface area (TPSA) is 34.1 Å². The van der Waals surface area contributed by atoms with E-state index in [2.05, 4.69) is 84.7 Å². The number of hydrogen-bond acceptors (Lipinski definition) is 4. The predicted octanol–water partition coefficient (Wildman–Crippen LogP) is 7.26. The molecule has 2 aliphatic rings. The number of hydrogen-bond donors (Lipinski definition) is 0. The maximum atomic E-state index is 6.52. The molecule has 2 atom stereocenters. The van der Waals surface area contributed by atoms with Crippen LogP contribution < -0.4 is 9.47 Å². The van der Waals surface area contributed by atoms with E-state index in [0.717, 1.165) is 48.6 Å². The van der Waals surface area contributed by atoms with Crippen molar-refractivity contribution in [3.63, 3.8) is 0 Å². The van der Waals surface area contributed by atoms with Crippen LogP contribution in [0.3, 0.4) is 0 Å². The van der Waals surface area contributed by atoms with Gasteiger partial charge in [-0.2, -0.15) is 5.10 Å². The van der Waals surface area contributed by atoms with Gasteiger partial charge in [0.1, 0.15) is 11.5 Å². The number of rotatable bonds is 6. The lowest BCUT2D eigenvalue weighted by Gasteiger charge is -2.38. The highest BCUT2D eigenvalue weighted by atomic mass is 16.5. The van der Waals surface area contributed by atoms with Gasteiger partial charge in [0.15, 0.2) is 0 Å². The zero-order chi connectivity index (χ0) is 22.9. The third-order valence-electron chi connectivity index (χ3n) is 6.73. The number of para-hydroxylation sites is 1. The highest BCUT2D eigenvalue weighted by Crippen LogP contribution is 2.47. The molecule has 4 aromatic rings. The summed E-state index contributed by atoms with van der Waals surface area (Å²) in [5, 5.41) is 9.78. The molecule has 170 valence electrons. The molecule has 0 radical (unpaired) electrons. The molecule has 4 heteroatoms. The molecular formula is C30H28N2O2. The summed E-state index contributed by atoms with van der Waals surface area (Å²) in [6, 6.07) is 31.8. The lowest BCUT2D eigenvalue weighted by atomic mass is 9.93. The van der Waals surface area contributed by atoms with Crippen molar-refractivity contribution in [2.45, 2.75) is 38.5 Å². The summed E-state index contributed by atoms with van der Waals surface area (Å²) in [5.74, 6) is 1.83. The molecule has 0 bridgehead atoms. The van der Waals surface area contributed by atoms with Crippen molar-refractivity contribution < 1.29 is 9.47 Å². The Kier molecular flexibility index (Phi) is 5.42. The highest BCUT2D eigenvalue weighted by Gasteiger charge is 2.41. The number of ether oxygens (including phenoxy) is 2. The molecule has 4 nitrogen and oxygen atoms in total. The zero-order valence-electron chi connectivity index (χ0n) is 19.4. The molecule has 0 saturated heterocycles. The lowest BCUT2D eigenvalue weighted by Crippen LogP contribution is -2.33. The van der Waals surface area contributed by atoms with Crippen LogP contribution >= 0.6 is 0 Å². The van der Waals surface area contributed by atoms with Crippen LogP contribution in [0.15, 0.2) is 96.1 Å². The van der Waals surface area contributed by atoms with Crippen molar-refractivity contribution in [3.05, 3.63) is 108 Å². The minimum Gasteiger partial charge on any atom is -0.494 e. The molecule has 0 aromatic heterocycles. The van der Waals surface area contributed by atoms with Gasteiger partial charge in [-0.25, -0.2) is 5.01 Å². The standard InChI is InChI=1S/C30H28N2O2/c1-2-3-19-33-23-17-15-22(16-18-23)30-32-28(26-12-6-7-14-29(26)34-30)20-27(31-32)25-13-8-10-21-9-4-5-11-24(21)25/h4-18,28,30H,2-3,19-20H2,1H3/t28-,30-/m1/s1. The second-order valence-corrected chi connectivity index (χ2v) is 8.95. The molecule has 2 aliphatic heterocycles. The van der Waals surface area contributed by atoms with Crippen LogP contribution in [0.1, 0.15) is 55.1 Å². The van der Waals surface area contributed by atoms with E-state index in [4.69, 9.17) is 14.6 Å². The summed E-state index contributed by atoms with van der Waals surface area (Å²) in [7, 11) is 0. The van der Waals surface area contributed by atoms with E-state index in [1.165, 1.54) is 21.9 Å². The normalized spacial score (nSPS) is 18.7. The molecule has 6 rings (SSSR count). The van der Waals surface area contributed by atoms with Crippen molar-refractivity contribution in [2.75, 3.05) is 6.61 Å². The average molecular weight is 449 g/mol. The fourth-order valence-corrected chi connectivity index (χ4v) is 4.96. The van der Waals surface area contributed by atoms with Crippen molar-refractivity contribution in [1.29, 1.82) is 0 Å². The van der Waals surface area contributed by atoms with Crippen LogP contribution in [0, 0.1) is 0 Å². The van der Waals surface area contributed by atoms with E-state index in [1.807, 2.05) is 18.2 Å². The molecule has 0 amide bonds. The van der Waals surface area contributed by atoms with Gasteiger partial charge in [-0.05, 0) is 47.5 Å². The number of unbranched alkanes of at least 4 members (excludes halogenated alkanes) is 1. The van der Waals surface area contributed by atoms with E-state index in [9.17, 15) is 0 Å². The van der Waals surface area contributed by atoms with E-state index >= 15 is 0 Å². The van der Waals surface area contributed by atoms with Gasteiger partial charge in [0.2, 0.25) is 6.23 Å². The lowest BCUT2D eigenvalue weighted by molar-refractivity contribution is -0.0190. The molecule has 0 unspecified atom stereocenters. The maximum Gasteiger partial charge on any atom is 0.213 e. The Hall–Kier alpha value is -3.79. The quantitative estimate of drug-likeness (QED) is 0.291.